The molecule has 1 amide bonds. The normalized spacial score (nSPS) is 17.1. The van der Waals surface area contributed by atoms with Crippen molar-refractivity contribution >= 4 is 11.6 Å². The van der Waals surface area contributed by atoms with Crippen molar-refractivity contribution in [1.29, 1.82) is 0 Å². The predicted molar refractivity (Wildman–Crippen MR) is 119 cm³/mol. The Morgan fingerprint density at radius 3 is 2.48 bits per heavy atom. The van der Waals surface area contributed by atoms with Gasteiger partial charge in [0, 0.05) is 37.3 Å². The zero-order valence-electron chi connectivity index (χ0n) is 18.6. The van der Waals surface area contributed by atoms with Gasteiger partial charge in [0.2, 0.25) is 5.91 Å². The maximum absolute atomic E-state index is 14.2. The molecule has 0 spiro atoms. The number of carbonyl (C=O) groups is 1. The van der Waals surface area contributed by atoms with Gasteiger partial charge in [0.1, 0.15) is 19.0 Å². The fraction of sp³-hybridized carbons (Fsp3) is 0.480. The molecule has 2 aliphatic rings. The molecule has 2 aromatic rings. The first-order valence-electron chi connectivity index (χ1n) is 11.1. The van der Waals surface area contributed by atoms with Crippen LogP contribution in [0.5, 0.6) is 11.5 Å². The summed E-state index contributed by atoms with van der Waals surface area (Å²) >= 11 is 0. The molecule has 166 valence electrons. The van der Waals surface area contributed by atoms with Gasteiger partial charge in [-0.1, -0.05) is 26.0 Å². The van der Waals surface area contributed by atoms with Crippen LogP contribution in [0.4, 0.5) is 10.1 Å². The zero-order chi connectivity index (χ0) is 22.0. The minimum atomic E-state index is -0.268. The smallest absolute Gasteiger partial charge is 0.229 e. The van der Waals surface area contributed by atoms with Gasteiger partial charge in [-0.05, 0) is 55.2 Å². The third-order valence-electron chi connectivity index (χ3n) is 6.10. The molecule has 0 N–H and O–H groups in total. The first-order valence-corrected chi connectivity index (χ1v) is 11.1. The summed E-state index contributed by atoms with van der Waals surface area (Å²) in [6.07, 6.45) is 1.72. The Morgan fingerprint density at radius 1 is 1.10 bits per heavy atom. The molecule has 0 aromatic heterocycles. The van der Waals surface area contributed by atoms with Gasteiger partial charge in [0.15, 0.2) is 11.5 Å². The van der Waals surface area contributed by atoms with Gasteiger partial charge in [0.05, 0.1) is 0 Å². The maximum atomic E-state index is 14.2. The van der Waals surface area contributed by atoms with E-state index < -0.39 is 0 Å². The van der Waals surface area contributed by atoms with Crippen LogP contribution in [0, 0.1) is 18.7 Å². The number of likely N-dealkylation sites (tertiary alicyclic amines) is 1. The molecule has 2 heterocycles. The van der Waals surface area contributed by atoms with Gasteiger partial charge in [-0.2, -0.15) is 0 Å². The predicted octanol–water partition coefficient (Wildman–Crippen LogP) is 4.56. The monoisotopic (exact) mass is 426 g/mol. The summed E-state index contributed by atoms with van der Waals surface area (Å²) in [6.45, 7) is 9.32. The number of amides is 1. The van der Waals surface area contributed by atoms with Crippen molar-refractivity contribution in [2.75, 3.05) is 31.2 Å². The minimum Gasteiger partial charge on any atom is -0.486 e. The molecule has 0 saturated carbocycles. The molecule has 1 saturated heterocycles. The topological polar surface area (TPSA) is 42.0 Å². The molecule has 0 atom stereocenters. The van der Waals surface area contributed by atoms with E-state index in [4.69, 9.17) is 9.47 Å². The van der Waals surface area contributed by atoms with E-state index in [2.05, 4.69) is 17.0 Å². The number of hydrogen-bond donors (Lipinski definition) is 0. The minimum absolute atomic E-state index is 0.0496. The average molecular weight is 427 g/mol. The summed E-state index contributed by atoms with van der Waals surface area (Å²) in [7, 11) is 0. The van der Waals surface area contributed by atoms with E-state index in [1.807, 2.05) is 30.9 Å². The van der Waals surface area contributed by atoms with Crippen molar-refractivity contribution in [3.63, 3.8) is 0 Å². The van der Waals surface area contributed by atoms with Crippen molar-refractivity contribution in [3.05, 3.63) is 53.3 Å². The fourth-order valence-electron chi connectivity index (χ4n) is 4.31. The molecule has 31 heavy (non-hydrogen) atoms. The first-order chi connectivity index (χ1) is 14.9. The van der Waals surface area contributed by atoms with Crippen LogP contribution in [0.2, 0.25) is 0 Å². The van der Waals surface area contributed by atoms with Gasteiger partial charge in [-0.3, -0.25) is 9.69 Å². The molecule has 6 heteroatoms. The molecule has 0 aliphatic carbocycles. The number of fused-ring (bicyclic) bond motifs is 1. The van der Waals surface area contributed by atoms with Crippen molar-refractivity contribution in [2.24, 2.45) is 5.92 Å². The van der Waals surface area contributed by atoms with E-state index in [1.165, 1.54) is 11.6 Å². The number of hydrogen-bond acceptors (Lipinski definition) is 4. The lowest BCUT2D eigenvalue weighted by Gasteiger charge is -2.39. The van der Waals surface area contributed by atoms with E-state index in [9.17, 15) is 9.18 Å². The summed E-state index contributed by atoms with van der Waals surface area (Å²) < 4.78 is 25.5. The van der Waals surface area contributed by atoms with Gasteiger partial charge in [-0.15, -0.1) is 0 Å². The highest BCUT2D eigenvalue weighted by molar-refractivity contribution is 5.95. The van der Waals surface area contributed by atoms with E-state index in [1.54, 1.807) is 13.0 Å². The quantitative estimate of drug-likeness (QED) is 0.703. The molecule has 0 unspecified atom stereocenters. The molecule has 0 bridgehead atoms. The molecule has 2 aliphatic heterocycles. The van der Waals surface area contributed by atoms with E-state index in [0.717, 1.165) is 44.0 Å². The largest absolute Gasteiger partial charge is 0.486 e. The molecule has 0 radical (unpaired) electrons. The number of benzene rings is 2. The highest BCUT2D eigenvalue weighted by atomic mass is 19.1. The SMILES string of the molecule is Cc1ccc(N(C(=O)C(C)C)C2CCN(Cc3ccc4c(c3)OCCO4)CC2)cc1F. The van der Waals surface area contributed by atoms with Crippen molar-refractivity contribution in [1.82, 2.24) is 4.90 Å². The third-order valence-corrected chi connectivity index (χ3v) is 6.10. The van der Waals surface area contributed by atoms with Gasteiger partial charge in [-0.25, -0.2) is 4.39 Å². The van der Waals surface area contributed by atoms with Crippen LogP contribution in [0.25, 0.3) is 0 Å². The van der Waals surface area contributed by atoms with Crippen LogP contribution in [0.3, 0.4) is 0 Å². The average Bonchev–Trinajstić information content (AvgIpc) is 2.77. The number of piperidine rings is 1. The van der Waals surface area contributed by atoms with E-state index >= 15 is 0 Å². The summed E-state index contributed by atoms with van der Waals surface area (Å²) in [5.41, 5.74) is 2.44. The van der Waals surface area contributed by atoms with Crippen molar-refractivity contribution < 1.29 is 18.7 Å². The Morgan fingerprint density at radius 2 is 1.81 bits per heavy atom. The summed E-state index contributed by atoms with van der Waals surface area (Å²) in [5, 5.41) is 0. The molecule has 2 aromatic carbocycles. The Labute approximate surface area is 183 Å². The molecular weight excluding hydrogens is 395 g/mol. The lowest BCUT2D eigenvalue weighted by atomic mass is 9.99. The molecule has 1 fully saturated rings. The number of halogens is 1. The fourth-order valence-corrected chi connectivity index (χ4v) is 4.31. The number of carbonyl (C=O) groups excluding carboxylic acids is 1. The molecular formula is C25H31FN2O3. The van der Waals surface area contributed by atoms with Gasteiger partial charge < -0.3 is 14.4 Å². The van der Waals surface area contributed by atoms with E-state index in [0.29, 0.717) is 24.5 Å². The Bertz CT molecular complexity index is 938. The number of aryl methyl sites for hydroxylation is 1. The third kappa shape index (κ3) is 4.85. The lowest BCUT2D eigenvalue weighted by Crippen LogP contribution is -2.48. The number of ether oxygens (including phenoxy) is 2. The number of rotatable bonds is 5. The van der Waals surface area contributed by atoms with Crippen LogP contribution in [-0.2, 0) is 11.3 Å². The van der Waals surface area contributed by atoms with Crippen LogP contribution in [0.1, 0.15) is 37.8 Å². The van der Waals surface area contributed by atoms with Crippen LogP contribution < -0.4 is 14.4 Å². The summed E-state index contributed by atoms with van der Waals surface area (Å²) in [5.74, 6) is 1.26. The Balaban J connectivity index is 1.43. The van der Waals surface area contributed by atoms with Crippen molar-refractivity contribution in [2.45, 2.75) is 46.2 Å². The maximum Gasteiger partial charge on any atom is 0.229 e. The second-order valence-corrected chi connectivity index (χ2v) is 8.78. The van der Waals surface area contributed by atoms with Crippen LogP contribution in [0.15, 0.2) is 36.4 Å². The summed E-state index contributed by atoms with van der Waals surface area (Å²) in [4.78, 5) is 17.2. The highest BCUT2D eigenvalue weighted by Crippen LogP contribution is 2.32. The van der Waals surface area contributed by atoms with Crippen molar-refractivity contribution in [3.8, 4) is 11.5 Å². The molecule has 5 nitrogen and oxygen atoms in total. The second kappa shape index (κ2) is 9.27. The number of anilines is 1. The van der Waals surface area contributed by atoms with Crippen LogP contribution >= 0.6 is 0 Å². The van der Waals surface area contributed by atoms with E-state index in [-0.39, 0.29) is 23.7 Å². The van der Waals surface area contributed by atoms with Crippen LogP contribution in [-0.4, -0.2) is 43.2 Å². The van der Waals surface area contributed by atoms with Gasteiger partial charge in [0.25, 0.3) is 0 Å². The highest BCUT2D eigenvalue weighted by Gasteiger charge is 2.31. The lowest BCUT2D eigenvalue weighted by molar-refractivity contribution is -0.122. The Hall–Kier alpha value is -2.60. The Kier molecular flexibility index (Phi) is 6.46. The summed E-state index contributed by atoms with van der Waals surface area (Å²) in [6, 6.07) is 11.3. The standard InChI is InChI=1S/C25H31FN2O3/c1-17(2)25(29)28(21-6-4-18(3)22(26)15-21)20-8-10-27(11-9-20)16-19-5-7-23-24(14-19)31-13-12-30-23/h4-7,14-15,17,20H,8-13,16H2,1-3H3. The van der Waals surface area contributed by atoms with Gasteiger partial charge >= 0.3 is 0 Å². The first kappa shape index (κ1) is 21.6. The zero-order valence-corrected chi connectivity index (χ0v) is 18.6. The molecule has 4 rings (SSSR count). The number of nitrogens with zero attached hydrogens (tertiary/aromatic N) is 2. The second-order valence-electron chi connectivity index (χ2n) is 8.78.